The molecule has 0 spiro atoms. The molecule has 4 heteroatoms. The van der Waals surface area contributed by atoms with Crippen molar-refractivity contribution in [2.24, 2.45) is 0 Å². The van der Waals surface area contributed by atoms with Gasteiger partial charge in [0.25, 0.3) is 0 Å². The molecule has 4 rings (SSSR count). The first kappa shape index (κ1) is 15.0. The third-order valence-corrected chi connectivity index (χ3v) is 4.38. The molecule has 1 aliphatic rings. The van der Waals surface area contributed by atoms with Crippen molar-refractivity contribution in [3.8, 4) is 17.1 Å². The zero-order valence-corrected chi connectivity index (χ0v) is 13.7. The largest absolute Gasteiger partial charge is 0.497 e. The lowest BCUT2D eigenvalue weighted by atomic mass is 10.1. The maximum Gasteiger partial charge on any atom is 0.214 e. The fourth-order valence-corrected chi connectivity index (χ4v) is 3.08. The monoisotopic (exact) mass is 322 g/mol. The highest BCUT2D eigenvalue weighted by molar-refractivity contribution is 5.78. The summed E-state index contributed by atoms with van der Waals surface area (Å²) in [7, 11) is 1.67. The number of para-hydroxylation sites is 1. The van der Waals surface area contributed by atoms with Crippen LogP contribution in [0.3, 0.4) is 0 Å². The molecule has 122 valence electrons. The van der Waals surface area contributed by atoms with Gasteiger partial charge in [0.05, 0.1) is 18.6 Å². The smallest absolute Gasteiger partial charge is 0.214 e. The Labute approximate surface area is 140 Å². The Bertz CT molecular complexity index is 918. The summed E-state index contributed by atoms with van der Waals surface area (Å²) in [6.07, 6.45) is 0. The average molecular weight is 322 g/mol. The highest BCUT2D eigenvalue weighted by atomic mass is 16.5. The third kappa shape index (κ3) is 2.81. The molecule has 0 N–H and O–H groups in total. The normalized spacial score (nSPS) is 14.8. The molecule has 0 aliphatic carbocycles. The standard InChI is InChI=1S/C20H20NO3/c1-22-16-8-6-15(7-9-16)20-14-18(21-10-12-23-13-11-21)17-4-2-3-5-19(17)24-20/h2-9,14H,10-13H2,1H3/q+1. The van der Waals surface area contributed by atoms with E-state index in [-0.39, 0.29) is 0 Å². The van der Waals surface area contributed by atoms with Crippen molar-refractivity contribution < 1.29 is 13.9 Å². The quantitative estimate of drug-likeness (QED) is 0.681. The van der Waals surface area contributed by atoms with Crippen molar-refractivity contribution >= 4 is 11.0 Å². The Balaban J connectivity index is 1.94. The van der Waals surface area contributed by atoms with E-state index in [1.165, 1.54) is 5.36 Å². The minimum atomic E-state index is 0.762. The molecule has 3 aromatic rings. The van der Waals surface area contributed by atoms with E-state index in [0.29, 0.717) is 0 Å². The lowest BCUT2D eigenvalue weighted by Crippen LogP contribution is -2.40. The van der Waals surface area contributed by atoms with Crippen molar-refractivity contribution in [1.29, 1.82) is 0 Å². The first-order valence-corrected chi connectivity index (χ1v) is 8.18. The molecular weight excluding hydrogens is 302 g/mol. The number of methoxy groups -OCH3 is 1. The predicted octanol–water partition coefficient (Wildman–Crippen LogP) is 2.91. The van der Waals surface area contributed by atoms with Crippen molar-refractivity contribution in [2.45, 2.75) is 0 Å². The molecule has 24 heavy (non-hydrogen) atoms. The predicted molar refractivity (Wildman–Crippen MR) is 94.0 cm³/mol. The van der Waals surface area contributed by atoms with Crippen LogP contribution in [0.15, 0.2) is 59.0 Å². The van der Waals surface area contributed by atoms with Crippen molar-refractivity contribution in [3.63, 3.8) is 0 Å². The summed E-state index contributed by atoms with van der Waals surface area (Å²) in [5.74, 6) is 1.70. The van der Waals surface area contributed by atoms with Gasteiger partial charge in [0.15, 0.2) is 13.1 Å². The molecule has 1 fully saturated rings. The highest BCUT2D eigenvalue weighted by Crippen LogP contribution is 2.24. The van der Waals surface area contributed by atoms with Gasteiger partial charge in [-0.3, -0.25) is 0 Å². The zero-order chi connectivity index (χ0) is 16.4. The van der Waals surface area contributed by atoms with Gasteiger partial charge in [-0.15, -0.1) is 0 Å². The number of hydrogen-bond donors (Lipinski definition) is 0. The minimum Gasteiger partial charge on any atom is -0.497 e. The summed E-state index contributed by atoms with van der Waals surface area (Å²) in [5, 5.41) is 2.34. The second kappa shape index (κ2) is 6.49. The van der Waals surface area contributed by atoms with E-state index in [1.807, 2.05) is 36.4 Å². The summed E-state index contributed by atoms with van der Waals surface area (Å²) in [6.45, 7) is 3.32. The second-order valence-corrected chi connectivity index (χ2v) is 5.82. The van der Waals surface area contributed by atoms with Gasteiger partial charge in [-0.1, -0.05) is 12.1 Å². The van der Waals surface area contributed by atoms with Crippen LogP contribution in [0.2, 0.25) is 0 Å². The molecule has 2 aromatic carbocycles. The summed E-state index contributed by atoms with van der Waals surface area (Å²) in [4.78, 5) is 0. The van der Waals surface area contributed by atoms with Gasteiger partial charge < -0.3 is 13.9 Å². The van der Waals surface area contributed by atoms with Gasteiger partial charge in [0.2, 0.25) is 5.36 Å². The van der Waals surface area contributed by atoms with E-state index >= 15 is 0 Å². The van der Waals surface area contributed by atoms with E-state index < -0.39 is 0 Å². The summed E-state index contributed by atoms with van der Waals surface area (Å²) in [5.41, 5.74) is 1.93. The Morgan fingerprint density at radius 3 is 2.46 bits per heavy atom. The summed E-state index contributed by atoms with van der Waals surface area (Å²) < 4.78 is 19.3. The van der Waals surface area contributed by atoms with Crippen LogP contribution >= 0.6 is 0 Å². The van der Waals surface area contributed by atoms with Crippen molar-refractivity contribution in [1.82, 2.24) is 4.58 Å². The lowest BCUT2D eigenvalue weighted by Gasteiger charge is -2.12. The van der Waals surface area contributed by atoms with Crippen molar-refractivity contribution in [3.05, 3.63) is 60.0 Å². The topological polar surface area (TPSA) is 34.6 Å². The number of hydrogen-bond acceptors (Lipinski definition) is 3. The molecule has 0 atom stereocenters. The van der Waals surface area contributed by atoms with Gasteiger partial charge >= 0.3 is 0 Å². The molecule has 0 unspecified atom stereocenters. The minimum absolute atomic E-state index is 0.762. The SMILES string of the molecule is COc1ccc(-c2cc(=[N+]3CCOCC3)c3ccccc3o2)cc1. The molecule has 4 nitrogen and oxygen atoms in total. The Morgan fingerprint density at radius 1 is 0.958 bits per heavy atom. The van der Waals surface area contributed by atoms with Crippen molar-refractivity contribution in [2.75, 3.05) is 33.4 Å². The van der Waals surface area contributed by atoms with Crippen LogP contribution < -0.4 is 14.7 Å². The van der Waals surface area contributed by atoms with E-state index in [2.05, 4.69) is 22.8 Å². The van der Waals surface area contributed by atoms with Gasteiger partial charge in [0.1, 0.15) is 30.3 Å². The molecular formula is C20H20NO3+. The zero-order valence-electron chi connectivity index (χ0n) is 13.7. The molecule has 0 radical (unpaired) electrons. The van der Waals surface area contributed by atoms with Gasteiger partial charge in [0, 0.05) is 5.56 Å². The maximum absolute atomic E-state index is 6.15. The number of benzene rings is 2. The number of morpholine rings is 1. The van der Waals surface area contributed by atoms with Crippen LogP contribution in [0.25, 0.3) is 22.3 Å². The Hall–Kier alpha value is -2.59. The molecule has 1 aromatic heterocycles. The fraction of sp³-hybridized carbons (Fsp3) is 0.250. The van der Waals surface area contributed by atoms with E-state index in [4.69, 9.17) is 13.9 Å². The van der Waals surface area contributed by atoms with E-state index in [0.717, 1.165) is 54.3 Å². The van der Waals surface area contributed by atoms with Crippen LogP contribution in [0.4, 0.5) is 0 Å². The Kier molecular flexibility index (Phi) is 4.05. The molecule has 0 saturated carbocycles. The maximum atomic E-state index is 6.15. The second-order valence-electron chi connectivity index (χ2n) is 5.82. The first-order chi connectivity index (χ1) is 11.8. The number of fused-ring (bicyclic) bond motifs is 1. The molecule has 1 aliphatic heterocycles. The summed E-state index contributed by atoms with van der Waals surface area (Å²) >= 11 is 0. The lowest BCUT2D eigenvalue weighted by molar-refractivity contribution is 0.0967. The van der Waals surface area contributed by atoms with Crippen LogP contribution in [-0.4, -0.2) is 33.4 Å². The highest BCUT2D eigenvalue weighted by Gasteiger charge is 2.16. The Morgan fingerprint density at radius 2 is 1.71 bits per heavy atom. The fourth-order valence-electron chi connectivity index (χ4n) is 3.08. The molecule has 0 bridgehead atoms. The third-order valence-electron chi connectivity index (χ3n) is 4.38. The van der Waals surface area contributed by atoms with Gasteiger partial charge in [-0.05, 0) is 36.4 Å². The van der Waals surface area contributed by atoms with Crippen LogP contribution in [0.1, 0.15) is 0 Å². The van der Waals surface area contributed by atoms with E-state index in [1.54, 1.807) is 7.11 Å². The number of nitrogens with zero attached hydrogens (tertiary/aromatic N) is 1. The number of rotatable bonds is 2. The average Bonchev–Trinajstić information content (AvgIpc) is 2.68. The molecule has 2 heterocycles. The summed E-state index contributed by atoms with van der Waals surface area (Å²) in [6, 6.07) is 18.3. The van der Waals surface area contributed by atoms with E-state index in [9.17, 15) is 0 Å². The van der Waals surface area contributed by atoms with Gasteiger partial charge in [-0.25, -0.2) is 4.58 Å². The number of ether oxygens (including phenoxy) is 2. The van der Waals surface area contributed by atoms with Crippen LogP contribution in [-0.2, 0) is 4.74 Å². The molecule has 1 saturated heterocycles. The first-order valence-electron chi connectivity index (χ1n) is 8.18. The van der Waals surface area contributed by atoms with Crippen LogP contribution in [0, 0.1) is 0 Å². The van der Waals surface area contributed by atoms with Gasteiger partial charge in [-0.2, -0.15) is 0 Å². The molecule has 0 amide bonds. The van der Waals surface area contributed by atoms with Crippen LogP contribution in [0.5, 0.6) is 5.75 Å².